The summed E-state index contributed by atoms with van der Waals surface area (Å²) in [6, 6.07) is 11.8. The first kappa shape index (κ1) is 26.1. The molecular weight excluding hydrogens is 484 g/mol. The summed E-state index contributed by atoms with van der Waals surface area (Å²) < 4.78 is 17.0. The fraction of sp³-hybridized carbons (Fsp3) is 0.462. The van der Waals surface area contributed by atoms with Gasteiger partial charge in [0.1, 0.15) is 11.5 Å². The van der Waals surface area contributed by atoms with Crippen LogP contribution in [0.1, 0.15) is 51.4 Å². The number of esters is 2. The van der Waals surface area contributed by atoms with Crippen molar-refractivity contribution in [3.8, 4) is 11.5 Å². The molecule has 11 heteroatoms. The quantitative estimate of drug-likeness (QED) is 0.203. The van der Waals surface area contributed by atoms with Gasteiger partial charge in [0.05, 0.1) is 33.9 Å². The van der Waals surface area contributed by atoms with E-state index in [0.29, 0.717) is 62.9 Å². The summed E-state index contributed by atoms with van der Waals surface area (Å²) in [7, 11) is 0. The molecular formula is C26H28N2O9. The van der Waals surface area contributed by atoms with Crippen molar-refractivity contribution in [2.75, 3.05) is 0 Å². The van der Waals surface area contributed by atoms with E-state index in [9.17, 15) is 29.8 Å². The molecule has 0 saturated heterocycles. The standard InChI is InChI=1S/C26H28N2O9/c29-25(17-1-9-21(10-2-17)35-23-13-5-19(6-14-23)27(31)32)37-26(30)18-3-11-22(12-4-18)36-24-15-7-20(8-16-24)28(33)34/h5-8,13-18,21-22H,1-4,9-12H2. The van der Waals surface area contributed by atoms with E-state index in [4.69, 9.17) is 14.2 Å². The van der Waals surface area contributed by atoms with Gasteiger partial charge >= 0.3 is 11.9 Å². The molecule has 0 bridgehead atoms. The number of ether oxygens (including phenoxy) is 3. The lowest BCUT2D eigenvalue weighted by Gasteiger charge is -2.29. The smallest absolute Gasteiger partial charge is 0.316 e. The topological polar surface area (TPSA) is 148 Å². The summed E-state index contributed by atoms with van der Waals surface area (Å²) >= 11 is 0. The van der Waals surface area contributed by atoms with Gasteiger partial charge in [-0.25, -0.2) is 0 Å². The number of carbonyl (C=O) groups is 2. The first-order valence-corrected chi connectivity index (χ1v) is 12.4. The van der Waals surface area contributed by atoms with Crippen LogP contribution in [-0.2, 0) is 14.3 Å². The minimum atomic E-state index is -0.497. The van der Waals surface area contributed by atoms with Crippen molar-refractivity contribution in [2.24, 2.45) is 11.8 Å². The van der Waals surface area contributed by atoms with Gasteiger partial charge < -0.3 is 14.2 Å². The predicted molar refractivity (Wildman–Crippen MR) is 130 cm³/mol. The van der Waals surface area contributed by atoms with Gasteiger partial charge in [0.2, 0.25) is 0 Å². The molecule has 0 N–H and O–H groups in total. The van der Waals surface area contributed by atoms with Crippen LogP contribution in [0.2, 0.25) is 0 Å². The second kappa shape index (κ2) is 11.8. The van der Waals surface area contributed by atoms with Crippen LogP contribution in [0.4, 0.5) is 11.4 Å². The van der Waals surface area contributed by atoms with Gasteiger partial charge in [-0.1, -0.05) is 0 Å². The largest absolute Gasteiger partial charge is 0.490 e. The Morgan fingerprint density at radius 1 is 0.595 bits per heavy atom. The summed E-state index contributed by atoms with van der Waals surface area (Å²) in [6.07, 6.45) is 4.44. The molecule has 196 valence electrons. The highest BCUT2D eigenvalue weighted by Crippen LogP contribution is 2.32. The number of carbonyl (C=O) groups excluding carboxylic acids is 2. The van der Waals surface area contributed by atoms with E-state index in [2.05, 4.69) is 0 Å². The fourth-order valence-electron chi connectivity index (χ4n) is 4.78. The number of nitro groups is 2. The van der Waals surface area contributed by atoms with E-state index in [-0.39, 0.29) is 35.4 Å². The summed E-state index contributed by atoms with van der Waals surface area (Å²) in [5.41, 5.74) is -0.0112. The lowest BCUT2D eigenvalue weighted by atomic mass is 9.86. The van der Waals surface area contributed by atoms with Crippen LogP contribution < -0.4 is 9.47 Å². The van der Waals surface area contributed by atoms with Crippen molar-refractivity contribution >= 4 is 23.3 Å². The summed E-state index contributed by atoms with van der Waals surface area (Å²) in [4.78, 5) is 45.7. The molecule has 2 aromatic carbocycles. The Kier molecular flexibility index (Phi) is 8.32. The third-order valence-corrected chi connectivity index (χ3v) is 6.92. The molecule has 2 aliphatic carbocycles. The van der Waals surface area contributed by atoms with Crippen LogP contribution in [0.25, 0.3) is 0 Å². The van der Waals surface area contributed by atoms with Crippen LogP contribution in [-0.4, -0.2) is 34.0 Å². The van der Waals surface area contributed by atoms with Gasteiger partial charge in [0.15, 0.2) is 0 Å². The lowest BCUT2D eigenvalue weighted by molar-refractivity contribution is -0.385. The van der Waals surface area contributed by atoms with E-state index in [1.54, 1.807) is 24.3 Å². The number of hydrogen-bond acceptors (Lipinski definition) is 9. The van der Waals surface area contributed by atoms with E-state index in [0.717, 1.165) is 0 Å². The van der Waals surface area contributed by atoms with Gasteiger partial charge in [0, 0.05) is 24.3 Å². The third-order valence-electron chi connectivity index (χ3n) is 6.92. The Morgan fingerprint density at radius 3 is 1.22 bits per heavy atom. The number of hydrogen-bond donors (Lipinski definition) is 0. The second-order valence-corrected chi connectivity index (χ2v) is 9.43. The van der Waals surface area contributed by atoms with Gasteiger partial charge in [-0.3, -0.25) is 29.8 Å². The molecule has 0 aliphatic heterocycles. The van der Waals surface area contributed by atoms with Crippen molar-refractivity contribution in [3.63, 3.8) is 0 Å². The molecule has 0 atom stereocenters. The Bertz CT molecular complexity index is 1030. The van der Waals surface area contributed by atoms with Gasteiger partial charge in [-0.05, 0) is 75.6 Å². The van der Waals surface area contributed by atoms with Gasteiger partial charge in [0.25, 0.3) is 11.4 Å². The molecule has 0 heterocycles. The maximum absolute atomic E-state index is 12.6. The Hall–Kier alpha value is -4.02. The van der Waals surface area contributed by atoms with Crippen molar-refractivity contribution in [3.05, 3.63) is 68.8 Å². The van der Waals surface area contributed by atoms with Crippen LogP contribution in [0.3, 0.4) is 0 Å². The molecule has 37 heavy (non-hydrogen) atoms. The first-order valence-electron chi connectivity index (χ1n) is 12.4. The molecule has 2 aromatic rings. The Balaban J connectivity index is 1.16. The Labute approximate surface area is 213 Å². The second-order valence-electron chi connectivity index (χ2n) is 9.43. The Morgan fingerprint density at radius 2 is 0.919 bits per heavy atom. The highest BCUT2D eigenvalue weighted by atomic mass is 16.6. The SMILES string of the molecule is O=C(OC(=O)C1CCC(Oc2ccc([N+](=O)[O-])cc2)CC1)C1CCC(Oc2ccc([N+](=O)[O-])cc2)CC1. The molecule has 0 unspecified atom stereocenters. The van der Waals surface area contributed by atoms with Gasteiger partial charge in [-0.15, -0.1) is 0 Å². The summed E-state index contributed by atoms with van der Waals surface area (Å²) in [6.45, 7) is 0. The molecule has 4 rings (SSSR count). The molecule has 0 aromatic heterocycles. The minimum Gasteiger partial charge on any atom is -0.490 e. The maximum atomic E-state index is 12.6. The van der Waals surface area contributed by atoms with Crippen LogP contribution in [0.5, 0.6) is 11.5 Å². The van der Waals surface area contributed by atoms with Gasteiger partial charge in [-0.2, -0.15) is 0 Å². The first-order chi connectivity index (χ1) is 17.8. The zero-order valence-corrected chi connectivity index (χ0v) is 20.2. The number of rotatable bonds is 8. The summed E-state index contributed by atoms with van der Waals surface area (Å²) in [5, 5.41) is 21.5. The maximum Gasteiger partial charge on any atom is 0.316 e. The number of non-ortho nitro benzene ring substituents is 2. The lowest BCUT2D eigenvalue weighted by Crippen LogP contribution is -2.33. The van der Waals surface area contributed by atoms with Crippen LogP contribution >= 0.6 is 0 Å². The third kappa shape index (κ3) is 7.02. The molecule has 0 radical (unpaired) electrons. The molecule has 0 amide bonds. The predicted octanol–water partition coefficient (Wildman–Crippen LogP) is 5.15. The monoisotopic (exact) mass is 512 g/mol. The molecule has 2 saturated carbocycles. The number of benzene rings is 2. The van der Waals surface area contributed by atoms with Crippen molar-refractivity contribution < 1.29 is 33.6 Å². The fourth-order valence-corrected chi connectivity index (χ4v) is 4.78. The zero-order chi connectivity index (χ0) is 26.4. The van der Waals surface area contributed by atoms with E-state index in [1.807, 2.05) is 0 Å². The average molecular weight is 513 g/mol. The van der Waals surface area contributed by atoms with Crippen molar-refractivity contribution in [2.45, 2.75) is 63.6 Å². The molecule has 11 nitrogen and oxygen atoms in total. The summed E-state index contributed by atoms with van der Waals surface area (Å²) in [5.74, 6) is -0.629. The highest BCUT2D eigenvalue weighted by molar-refractivity contribution is 5.88. The minimum absolute atomic E-state index is 0.00558. The molecule has 2 fully saturated rings. The zero-order valence-electron chi connectivity index (χ0n) is 20.2. The number of nitrogens with zero attached hydrogens (tertiary/aromatic N) is 2. The van der Waals surface area contributed by atoms with E-state index in [1.165, 1.54) is 24.3 Å². The van der Waals surface area contributed by atoms with Crippen LogP contribution in [0, 0.1) is 32.1 Å². The van der Waals surface area contributed by atoms with E-state index < -0.39 is 21.8 Å². The highest BCUT2D eigenvalue weighted by Gasteiger charge is 2.33. The van der Waals surface area contributed by atoms with Crippen molar-refractivity contribution in [1.29, 1.82) is 0 Å². The number of nitro benzene ring substituents is 2. The van der Waals surface area contributed by atoms with Crippen LogP contribution in [0.15, 0.2) is 48.5 Å². The average Bonchev–Trinajstić information content (AvgIpc) is 2.90. The van der Waals surface area contributed by atoms with E-state index >= 15 is 0 Å². The molecule has 2 aliphatic rings. The van der Waals surface area contributed by atoms with Crippen molar-refractivity contribution in [1.82, 2.24) is 0 Å². The molecule has 0 spiro atoms. The normalized spacial score (nSPS) is 23.5.